The molecule has 0 spiro atoms. The van der Waals surface area contributed by atoms with Crippen LogP contribution in [0.25, 0.3) is 10.9 Å². The number of nitrogens with one attached hydrogen (secondary N) is 2. The highest BCUT2D eigenvalue weighted by atomic mass is 32.1. The minimum absolute atomic E-state index is 0.0586. The molecule has 2 amide bonds. The molecule has 0 aliphatic carbocycles. The molecule has 8 nitrogen and oxygen atoms in total. The number of piperidine rings is 1. The number of furan rings is 1. The SMILES string of the molecule is COc1ccc2[nH]cc(C3CCN(C(=O)Cc4csc(NC(=O)c5ccco5)n4)CC3)c2c1. The molecule has 0 saturated carbocycles. The molecule has 0 radical (unpaired) electrons. The highest BCUT2D eigenvalue weighted by Gasteiger charge is 2.26. The number of aromatic amines is 1. The number of rotatable bonds is 6. The van der Waals surface area contributed by atoms with Crippen molar-refractivity contribution in [3.8, 4) is 5.75 Å². The largest absolute Gasteiger partial charge is 0.497 e. The van der Waals surface area contributed by atoms with Crippen molar-refractivity contribution in [3.05, 3.63) is 65.2 Å². The monoisotopic (exact) mass is 464 g/mol. The minimum Gasteiger partial charge on any atom is -0.497 e. The zero-order valence-electron chi connectivity index (χ0n) is 18.2. The number of carbonyl (C=O) groups is 2. The van der Waals surface area contributed by atoms with E-state index >= 15 is 0 Å². The summed E-state index contributed by atoms with van der Waals surface area (Å²) >= 11 is 1.30. The number of nitrogens with zero attached hydrogens (tertiary/aromatic N) is 2. The van der Waals surface area contributed by atoms with E-state index in [9.17, 15) is 9.59 Å². The second-order valence-electron chi connectivity index (χ2n) is 8.06. The Morgan fingerprint density at radius 3 is 2.91 bits per heavy atom. The van der Waals surface area contributed by atoms with Gasteiger partial charge in [0.15, 0.2) is 10.9 Å². The van der Waals surface area contributed by atoms with Gasteiger partial charge in [-0.2, -0.15) is 0 Å². The van der Waals surface area contributed by atoms with Gasteiger partial charge >= 0.3 is 0 Å². The molecule has 4 aromatic rings. The number of carbonyl (C=O) groups excluding carboxylic acids is 2. The highest BCUT2D eigenvalue weighted by Crippen LogP contribution is 2.34. The van der Waals surface area contributed by atoms with Gasteiger partial charge in [0.25, 0.3) is 5.91 Å². The molecule has 1 fully saturated rings. The van der Waals surface area contributed by atoms with E-state index in [0.29, 0.717) is 29.8 Å². The lowest BCUT2D eigenvalue weighted by molar-refractivity contribution is -0.131. The Kier molecular flexibility index (Phi) is 5.87. The third kappa shape index (κ3) is 4.49. The van der Waals surface area contributed by atoms with Gasteiger partial charge in [-0.25, -0.2) is 4.98 Å². The molecule has 5 rings (SSSR count). The fourth-order valence-electron chi connectivity index (χ4n) is 4.30. The van der Waals surface area contributed by atoms with Gasteiger partial charge in [0.05, 0.1) is 25.5 Å². The van der Waals surface area contributed by atoms with Crippen LogP contribution in [0, 0.1) is 0 Å². The van der Waals surface area contributed by atoms with Crippen LogP contribution < -0.4 is 10.1 Å². The van der Waals surface area contributed by atoms with Crippen LogP contribution in [0.3, 0.4) is 0 Å². The van der Waals surface area contributed by atoms with Crippen LogP contribution in [0.2, 0.25) is 0 Å². The van der Waals surface area contributed by atoms with E-state index in [0.717, 1.165) is 24.1 Å². The van der Waals surface area contributed by atoms with E-state index in [1.165, 1.54) is 28.5 Å². The Hall–Kier alpha value is -3.59. The normalized spacial score (nSPS) is 14.5. The smallest absolute Gasteiger partial charge is 0.293 e. The quantitative estimate of drug-likeness (QED) is 0.440. The molecule has 2 N–H and O–H groups in total. The minimum atomic E-state index is -0.357. The van der Waals surface area contributed by atoms with Crippen LogP contribution in [0.1, 0.15) is 40.6 Å². The molecule has 3 aromatic heterocycles. The fourth-order valence-corrected chi connectivity index (χ4v) is 5.01. The summed E-state index contributed by atoms with van der Waals surface area (Å²) in [4.78, 5) is 34.6. The molecule has 0 bridgehead atoms. The summed E-state index contributed by atoms with van der Waals surface area (Å²) in [5.74, 6) is 1.17. The Bertz CT molecular complexity index is 1270. The number of likely N-dealkylation sites (tertiary alicyclic amines) is 1. The summed E-state index contributed by atoms with van der Waals surface area (Å²) in [6, 6.07) is 9.30. The van der Waals surface area contributed by atoms with Crippen molar-refractivity contribution >= 4 is 39.2 Å². The van der Waals surface area contributed by atoms with Crippen molar-refractivity contribution < 1.29 is 18.7 Å². The van der Waals surface area contributed by atoms with Gasteiger partial charge in [0, 0.05) is 35.6 Å². The maximum Gasteiger partial charge on any atom is 0.293 e. The first-order valence-corrected chi connectivity index (χ1v) is 11.7. The standard InChI is InChI=1S/C24H24N4O4S/c1-31-17-4-5-20-18(12-17)19(13-25-20)15-6-8-28(9-7-15)22(29)11-16-14-33-24(26-16)27-23(30)21-3-2-10-32-21/h2-5,10,12-15,25H,6-9,11H2,1H3,(H,26,27,30). The molecule has 0 atom stereocenters. The molecule has 1 aliphatic heterocycles. The van der Waals surface area contributed by atoms with Crippen LogP contribution in [0.5, 0.6) is 5.75 Å². The van der Waals surface area contributed by atoms with Crippen molar-refractivity contribution in [1.82, 2.24) is 14.9 Å². The lowest BCUT2D eigenvalue weighted by Gasteiger charge is -2.32. The van der Waals surface area contributed by atoms with Gasteiger partial charge in [-0.1, -0.05) is 0 Å². The second-order valence-corrected chi connectivity index (χ2v) is 8.92. The van der Waals surface area contributed by atoms with Crippen molar-refractivity contribution in [3.63, 3.8) is 0 Å². The number of fused-ring (bicyclic) bond motifs is 1. The summed E-state index contributed by atoms with van der Waals surface area (Å²) in [6.45, 7) is 1.43. The number of H-pyrrole nitrogens is 1. The van der Waals surface area contributed by atoms with Gasteiger partial charge in [-0.3, -0.25) is 14.9 Å². The molecule has 4 heterocycles. The van der Waals surface area contributed by atoms with E-state index < -0.39 is 0 Å². The molecule has 0 unspecified atom stereocenters. The van der Waals surface area contributed by atoms with Gasteiger partial charge in [0.2, 0.25) is 5.91 Å². The highest BCUT2D eigenvalue weighted by molar-refractivity contribution is 7.14. The number of hydrogen-bond acceptors (Lipinski definition) is 6. The van der Waals surface area contributed by atoms with E-state index in [1.54, 1.807) is 19.2 Å². The predicted molar refractivity (Wildman–Crippen MR) is 126 cm³/mol. The Labute approximate surface area is 194 Å². The number of anilines is 1. The topological polar surface area (TPSA) is 100 Å². The number of benzene rings is 1. The third-order valence-corrected chi connectivity index (χ3v) is 6.86. The van der Waals surface area contributed by atoms with Crippen molar-refractivity contribution in [2.45, 2.75) is 25.2 Å². The number of hydrogen-bond donors (Lipinski definition) is 2. The van der Waals surface area contributed by atoms with E-state index in [4.69, 9.17) is 9.15 Å². The average Bonchev–Trinajstić information content (AvgIpc) is 3.60. The maximum absolute atomic E-state index is 12.8. The lowest BCUT2D eigenvalue weighted by Crippen LogP contribution is -2.38. The molecular weight excluding hydrogens is 440 g/mol. The predicted octanol–water partition coefficient (Wildman–Crippen LogP) is 4.43. The molecule has 1 aromatic carbocycles. The maximum atomic E-state index is 12.8. The van der Waals surface area contributed by atoms with Crippen LogP contribution >= 0.6 is 11.3 Å². The molecule has 33 heavy (non-hydrogen) atoms. The number of aromatic nitrogens is 2. The molecule has 170 valence electrons. The van der Waals surface area contributed by atoms with Crippen LogP contribution in [-0.2, 0) is 11.2 Å². The summed E-state index contributed by atoms with van der Waals surface area (Å²) in [5, 5.41) is 6.14. The first-order chi connectivity index (χ1) is 16.1. The molecule has 1 aliphatic rings. The van der Waals surface area contributed by atoms with Crippen molar-refractivity contribution in [2.75, 3.05) is 25.5 Å². The summed E-state index contributed by atoms with van der Waals surface area (Å²) in [5.41, 5.74) is 3.04. The second kappa shape index (κ2) is 9.11. The Morgan fingerprint density at radius 1 is 1.30 bits per heavy atom. The van der Waals surface area contributed by atoms with E-state index in [2.05, 4.69) is 27.5 Å². The zero-order chi connectivity index (χ0) is 22.8. The molecular formula is C24H24N4O4S. The van der Waals surface area contributed by atoms with Gasteiger partial charge in [-0.15, -0.1) is 11.3 Å². The van der Waals surface area contributed by atoms with Gasteiger partial charge in [-0.05, 0) is 54.7 Å². The average molecular weight is 465 g/mol. The van der Waals surface area contributed by atoms with Crippen LogP contribution in [0.15, 0.2) is 52.6 Å². The third-order valence-electron chi connectivity index (χ3n) is 6.06. The van der Waals surface area contributed by atoms with Crippen LogP contribution in [-0.4, -0.2) is 46.9 Å². The van der Waals surface area contributed by atoms with Crippen molar-refractivity contribution in [2.24, 2.45) is 0 Å². The number of amides is 2. The van der Waals surface area contributed by atoms with Gasteiger partial charge < -0.3 is 19.0 Å². The van der Waals surface area contributed by atoms with E-state index in [-0.39, 0.29) is 24.0 Å². The lowest BCUT2D eigenvalue weighted by atomic mass is 9.89. The van der Waals surface area contributed by atoms with Crippen molar-refractivity contribution in [1.29, 1.82) is 0 Å². The fraction of sp³-hybridized carbons (Fsp3) is 0.292. The summed E-state index contributed by atoms with van der Waals surface area (Å²) in [7, 11) is 1.68. The molecule has 1 saturated heterocycles. The summed E-state index contributed by atoms with van der Waals surface area (Å²) < 4.78 is 10.5. The van der Waals surface area contributed by atoms with E-state index in [1.807, 2.05) is 22.4 Å². The Morgan fingerprint density at radius 2 is 2.15 bits per heavy atom. The first-order valence-electron chi connectivity index (χ1n) is 10.8. The number of methoxy groups -OCH3 is 1. The first kappa shape index (κ1) is 21.3. The number of thiazole rings is 1. The van der Waals surface area contributed by atoms with Crippen LogP contribution in [0.4, 0.5) is 5.13 Å². The Balaban J connectivity index is 1.17. The zero-order valence-corrected chi connectivity index (χ0v) is 19.0. The van der Waals surface area contributed by atoms with Gasteiger partial charge in [0.1, 0.15) is 5.75 Å². The number of ether oxygens (including phenoxy) is 1. The molecule has 9 heteroatoms. The summed E-state index contributed by atoms with van der Waals surface area (Å²) in [6.07, 6.45) is 5.58.